The normalized spacial score (nSPS) is 13.5. The van der Waals surface area contributed by atoms with Gasteiger partial charge in [0.1, 0.15) is 12.7 Å². The molecule has 0 aliphatic heterocycles. The van der Waals surface area contributed by atoms with Crippen LogP contribution in [0, 0.1) is 0 Å². The molecule has 74 heavy (non-hydrogen) atoms. The van der Waals surface area contributed by atoms with Gasteiger partial charge in [-0.2, -0.15) is 0 Å². The summed E-state index contributed by atoms with van der Waals surface area (Å²) in [4.78, 5) is 48.6. The fourth-order valence-corrected chi connectivity index (χ4v) is 9.69. The summed E-state index contributed by atoms with van der Waals surface area (Å²) in [5.74, 6) is -1.47. The summed E-state index contributed by atoms with van der Waals surface area (Å²) in [5, 5.41) is 9.81. The highest BCUT2D eigenvalue weighted by atomic mass is 31.2. The number of carbonyl (C=O) groups excluding carboxylic acids is 3. The number of esters is 3. The van der Waals surface area contributed by atoms with Crippen LogP contribution in [0.4, 0.5) is 0 Å². The van der Waals surface area contributed by atoms with Crippen LogP contribution in [0.5, 0.6) is 0 Å². The van der Waals surface area contributed by atoms with E-state index in [1.165, 1.54) is 167 Å². The SMILES string of the molecule is CC/C=C\C/C=C\C/C=C\CCCCCC(=O)OC(CO)COP(=O)(O)OCC(COC(=O)CCCCCCCCCCCCCCCCCCCCC)OC(=O)CCCCCCCCCCCCCCCCC. The van der Waals surface area contributed by atoms with Gasteiger partial charge in [-0.3, -0.25) is 23.4 Å². The first kappa shape index (κ1) is 71.7. The molecule has 2 N–H and O–H groups in total. The van der Waals surface area contributed by atoms with Crippen LogP contribution in [0.1, 0.15) is 303 Å². The third-order valence-corrected chi connectivity index (χ3v) is 14.5. The quantitative estimate of drug-likeness (QED) is 0.0197. The van der Waals surface area contributed by atoms with Crippen LogP contribution >= 0.6 is 7.82 Å². The fraction of sp³-hybridized carbons (Fsp3) is 0.855. The van der Waals surface area contributed by atoms with Crippen LogP contribution < -0.4 is 0 Å². The van der Waals surface area contributed by atoms with Crippen molar-refractivity contribution in [3.8, 4) is 0 Å². The van der Waals surface area contributed by atoms with Crippen LogP contribution in [0.15, 0.2) is 36.5 Å². The van der Waals surface area contributed by atoms with Crippen molar-refractivity contribution in [3.05, 3.63) is 36.5 Å². The Morgan fingerprint density at radius 2 is 0.703 bits per heavy atom. The predicted octanol–water partition coefficient (Wildman–Crippen LogP) is 18.4. The van der Waals surface area contributed by atoms with Gasteiger partial charge in [-0.15, -0.1) is 0 Å². The van der Waals surface area contributed by atoms with E-state index < -0.39 is 57.8 Å². The van der Waals surface area contributed by atoms with E-state index in [4.69, 9.17) is 23.3 Å². The van der Waals surface area contributed by atoms with Crippen molar-refractivity contribution < 1.29 is 52.2 Å². The van der Waals surface area contributed by atoms with Crippen molar-refractivity contribution in [3.63, 3.8) is 0 Å². The number of carbonyl (C=O) groups is 3. The summed E-state index contributed by atoms with van der Waals surface area (Å²) in [6.07, 6.45) is 59.6. The summed E-state index contributed by atoms with van der Waals surface area (Å²) in [6, 6.07) is 0. The Kier molecular flexibility index (Phi) is 55.1. The molecule has 0 fully saturated rings. The molecule has 0 radical (unpaired) electrons. The van der Waals surface area contributed by atoms with Gasteiger partial charge in [-0.25, -0.2) is 4.57 Å². The number of allylic oxidation sites excluding steroid dienone is 6. The first-order valence-corrected chi connectivity index (χ1v) is 32.4. The highest BCUT2D eigenvalue weighted by molar-refractivity contribution is 7.47. The number of hydrogen-bond donors (Lipinski definition) is 2. The number of rotatable bonds is 58. The second-order valence-electron chi connectivity index (χ2n) is 20.9. The Morgan fingerprint density at radius 3 is 1.08 bits per heavy atom. The van der Waals surface area contributed by atoms with Crippen LogP contribution in [0.2, 0.25) is 0 Å². The Bertz CT molecular complexity index is 1380. The van der Waals surface area contributed by atoms with Gasteiger partial charge in [-0.05, 0) is 51.4 Å². The van der Waals surface area contributed by atoms with Crippen LogP contribution in [0.3, 0.4) is 0 Å². The molecule has 0 aliphatic carbocycles. The number of hydrogen-bond acceptors (Lipinski definition) is 10. The Balaban J connectivity index is 4.67. The van der Waals surface area contributed by atoms with Crippen LogP contribution in [0.25, 0.3) is 0 Å². The van der Waals surface area contributed by atoms with Gasteiger partial charge in [0, 0.05) is 19.3 Å². The topological polar surface area (TPSA) is 155 Å². The number of phosphoric ester groups is 1. The molecule has 0 saturated carbocycles. The number of aliphatic hydroxyl groups is 1. The van der Waals surface area contributed by atoms with E-state index in [-0.39, 0.29) is 25.9 Å². The van der Waals surface area contributed by atoms with Crippen LogP contribution in [-0.2, 0) is 42.2 Å². The zero-order valence-corrected chi connectivity index (χ0v) is 49.0. The minimum atomic E-state index is -4.75. The van der Waals surface area contributed by atoms with Gasteiger partial charge in [-0.1, -0.05) is 269 Å². The minimum absolute atomic E-state index is 0.145. The molecule has 0 spiro atoms. The smallest absolute Gasteiger partial charge is 0.462 e. The van der Waals surface area contributed by atoms with E-state index in [2.05, 4.69) is 57.2 Å². The average Bonchev–Trinajstić information content (AvgIpc) is 3.39. The lowest BCUT2D eigenvalue weighted by Gasteiger charge is -2.21. The molecule has 0 aliphatic rings. The van der Waals surface area contributed by atoms with Gasteiger partial charge in [0.15, 0.2) is 6.10 Å². The molecule has 0 bridgehead atoms. The number of phosphoric acid groups is 1. The molecule has 11 nitrogen and oxygen atoms in total. The number of ether oxygens (including phenoxy) is 3. The molecule has 0 aromatic heterocycles. The molecule has 0 aromatic carbocycles. The molecule has 0 rings (SSSR count). The largest absolute Gasteiger partial charge is 0.472 e. The molecular formula is C62H115O11P. The molecule has 434 valence electrons. The summed E-state index contributed by atoms with van der Waals surface area (Å²) in [6.45, 7) is 4.56. The van der Waals surface area contributed by atoms with Gasteiger partial charge in [0.2, 0.25) is 0 Å². The maximum Gasteiger partial charge on any atom is 0.472 e. The second kappa shape index (κ2) is 56.9. The van der Waals surface area contributed by atoms with E-state index in [1.807, 2.05) is 0 Å². The third kappa shape index (κ3) is 54.5. The van der Waals surface area contributed by atoms with Gasteiger partial charge >= 0.3 is 25.7 Å². The fourth-order valence-electron chi connectivity index (χ4n) is 8.90. The number of aliphatic hydroxyl groups excluding tert-OH is 1. The third-order valence-electron chi connectivity index (χ3n) is 13.6. The average molecular weight is 1070 g/mol. The minimum Gasteiger partial charge on any atom is -0.462 e. The van der Waals surface area contributed by atoms with E-state index in [0.717, 1.165) is 77.0 Å². The van der Waals surface area contributed by atoms with Crippen LogP contribution in [-0.4, -0.2) is 66.5 Å². The lowest BCUT2D eigenvalue weighted by molar-refractivity contribution is -0.161. The molecular weight excluding hydrogens is 952 g/mol. The Labute approximate surface area is 454 Å². The van der Waals surface area contributed by atoms with E-state index in [1.54, 1.807) is 0 Å². The van der Waals surface area contributed by atoms with Crippen molar-refractivity contribution in [2.75, 3.05) is 26.4 Å². The predicted molar refractivity (Wildman–Crippen MR) is 307 cm³/mol. The summed E-state index contributed by atoms with van der Waals surface area (Å²) in [5.41, 5.74) is 0. The van der Waals surface area contributed by atoms with Crippen molar-refractivity contribution in [2.24, 2.45) is 0 Å². The molecule has 0 saturated heterocycles. The van der Waals surface area contributed by atoms with E-state index in [9.17, 15) is 28.9 Å². The summed E-state index contributed by atoms with van der Waals surface area (Å²) < 4.78 is 39.6. The van der Waals surface area contributed by atoms with Crippen molar-refractivity contribution in [1.29, 1.82) is 0 Å². The van der Waals surface area contributed by atoms with Crippen molar-refractivity contribution in [2.45, 2.75) is 315 Å². The Hall–Kier alpha value is -2.30. The zero-order chi connectivity index (χ0) is 54.1. The van der Waals surface area contributed by atoms with Gasteiger partial charge < -0.3 is 24.2 Å². The lowest BCUT2D eigenvalue weighted by Crippen LogP contribution is -2.30. The second-order valence-corrected chi connectivity index (χ2v) is 22.3. The summed E-state index contributed by atoms with van der Waals surface area (Å²) >= 11 is 0. The van der Waals surface area contributed by atoms with Gasteiger partial charge in [0.05, 0.1) is 19.8 Å². The van der Waals surface area contributed by atoms with Crippen molar-refractivity contribution >= 4 is 25.7 Å². The molecule has 12 heteroatoms. The first-order valence-electron chi connectivity index (χ1n) is 30.9. The molecule has 0 aromatic rings. The maximum atomic E-state index is 12.9. The monoisotopic (exact) mass is 1070 g/mol. The summed E-state index contributed by atoms with van der Waals surface area (Å²) in [7, 11) is -4.75. The maximum absolute atomic E-state index is 12.9. The van der Waals surface area contributed by atoms with E-state index >= 15 is 0 Å². The first-order chi connectivity index (χ1) is 36.2. The zero-order valence-electron chi connectivity index (χ0n) is 48.1. The highest BCUT2D eigenvalue weighted by Gasteiger charge is 2.28. The van der Waals surface area contributed by atoms with E-state index in [0.29, 0.717) is 19.3 Å². The molecule has 0 heterocycles. The highest BCUT2D eigenvalue weighted by Crippen LogP contribution is 2.43. The lowest BCUT2D eigenvalue weighted by atomic mass is 10.0. The molecule has 0 amide bonds. The standard InChI is InChI=1S/C62H115O11P/c1-4-7-10-13-16-19-22-25-27-28-29-30-32-34-36-39-42-45-48-51-60(64)69-55-59(73-62(66)53-50-47-44-41-38-35-31-26-23-20-17-14-11-8-5-2)57-71-74(67,68)70-56-58(54-63)72-61(65)52-49-46-43-40-37-33-24-21-18-15-12-9-6-3/h9,12,18,21,33,37,58-59,63H,4-8,10-11,13-17,19-20,22-32,34-36,38-57H2,1-3H3,(H,67,68)/b12-9-,21-18-,37-33-. The molecule has 3 atom stereocenters. The van der Waals surface area contributed by atoms with Gasteiger partial charge in [0.25, 0.3) is 0 Å². The molecule has 3 unspecified atom stereocenters. The number of unbranched alkanes of at least 4 members (excludes halogenated alkanes) is 35. The van der Waals surface area contributed by atoms with Crippen molar-refractivity contribution in [1.82, 2.24) is 0 Å². The Morgan fingerprint density at radius 1 is 0.392 bits per heavy atom.